The third-order valence-electron chi connectivity index (χ3n) is 4.52. The van der Waals surface area contributed by atoms with Crippen LogP contribution < -0.4 is 14.8 Å². The van der Waals surface area contributed by atoms with E-state index in [0.29, 0.717) is 10.9 Å². The molecule has 2 heterocycles. The molecule has 11 heteroatoms. The molecule has 4 aromatic rings. The highest BCUT2D eigenvalue weighted by molar-refractivity contribution is 7.99. The molecule has 0 saturated carbocycles. The number of amides is 1. The maximum absolute atomic E-state index is 12.3. The first-order valence-electron chi connectivity index (χ1n) is 9.66. The Balaban J connectivity index is 1.31. The van der Waals surface area contributed by atoms with E-state index in [9.17, 15) is 4.79 Å². The summed E-state index contributed by atoms with van der Waals surface area (Å²) >= 11 is 1.30. The minimum absolute atomic E-state index is 0.143. The molecule has 2 aromatic heterocycles. The van der Waals surface area contributed by atoms with Crippen LogP contribution in [0.4, 0.5) is 0 Å². The van der Waals surface area contributed by atoms with E-state index >= 15 is 0 Å². The normalized spacial score (nSPS) is 10.7. The van der Waals surface area contributed by atoms with Crippen LogP contribution in [0, 0.1) is 0 Å². The van der Waals surface area contributed by atoms with Crippen molar-refractivity contribution in [1.29, 1.82) is 0 Å². The van der Waals surface area contributed by atoms with Crippen LogP contribution in [0.15, 0.2) is 66.2 Å². The number of benzene rings is 2. The van der Waals surface area contributed by atoms with E-state index in [1.807, 2.05) is 53.1 Å². The number of aromatic nitrogens is 6. The number of ether oxygens (including phenoxy) is 2. The molecule has 10 nitrogen and oxygen atoms in total. The van der Waals surface area contributed by atoms with Crippen LogP contribution in [0.3, 0.4) is 0 Å². The molecular formula is C21H21N7O3S. The van der Waals surface area contributed by atoms with Crippen LogP contribution in [-0.2, 0) is 11.3 Å². The molecule has 1 N–H and O–H groups in total. The maximum atomic E-state index is 12.3. The zero-order valence-corrected chi connectivity index (χ0v) is 18.3. The van der Waals surface area contributed by atoms with Gasteiger partial charge < -0.3 is 14.8 Å². The fourth-order valence-electron chi connectivity index (χ4n) is 2.87. The Bertz CT molecular complexity index is 1190. The molecule has 0 spiro atoms. The minimum atomic E-state index is -0.143. The second kappa shape index (κ2) is 9.96. The number of hydrogen-bond donors (Lipinski definition) is 1. The van der Waals surface area contributed by atoms with Gasteiger partial charge in [-0.3, -0.25) is 9.36 Å². The summed E-state index contributed by atoms with van der Waals surface area (Å²) in [5.41, 5.74) is 2.35. The molecule has 4 rings (SSSR count). The fraction of sp³-hybridized carbons (Fsp3) is 0.190. The van der Waals surface area contributed by atoms with E-state index in [0.717, 1.165) is 22.9 Å². The van der Waals surface area contributed by atoms with E-state index in [-0.39, 0.29) is 18.2 Å². The van der Waals surface area contributed by atoms with Gasteiger partial charge in [0.2, 0.25) is 5.91 Å². The van der Waals surface area contributed by atoms with E-state index < -0.39 is 0 Å². The van der Waals surface area contributed by atoms with Crippen molar-refractivity contribution in [2.24, 2.45) is 0 Å². The third kappa shape index (κ3) is 5.06. The summed E-state index contributed by atoms with van der Waals surface area (Å²) in [5, 5.41) is 19.7. The quantitative estimate of drug-likeness (QED) is 0.386. The molecule has 0 bridgehead atoms. The zero-order chi connectivity index (χ0) is 22.3. The highest BCUT2D eigenvalue weighted by atomic mass is 32.2. The Morgan fingerprint density at radius 1 is 1.03 bits per heavy atom. The van der Waals surface area contributed by atoms with Crippen LogP contribution in [0.1, 0.15) is 5.69 Å². The Hall–Kier alpha value is -3.86. The summed E-state index contributed by atoms with van der Waals surface area (Å²) in [5.74, 6) is 1.54. The van der Waals surface area contributed by atoms with Gasteiger partial charge in [-0.25, -0.2) is 4.68 Å². The van der Waals surface area contributed by atoms with Gasteiger partial charge in [-0.1, -0.05) is 23.0 Å². The van der Waals surface area contributed by atoms with Crippen molar-refractivity contribution in [2.75, 3.05) is 20.0 Å². The van der Waals surface area contributed by atoms with E-state index in [1.165, 1.54) is 11.8 Å². The van der Waals surface area contributed by atoms with Crippen molar-refractivity contribution in [3.63, 3.8) is 0 Å². The number of nitrogens with zero attached hydrogens (tertiary/aromatic N) is 6. The number of thioether (sulfide) groups is 1. The SMILES string of the molecule is COc1ccc(-n2cnnc2SCC(=O)NCc2cn(-c3cccc(OC)c3)nn2)cc1. The molecule has 32 heavy (non-hydrogen) atoms. The van der Waals surface area contributed by atoms with Gasteiger partial charge in [0.15, 0.2) is 5.16 Å². The van der Waals surface area contributed by atoms with Crippen LogP contribution in [0.25, 0.3) is 11.4 Å². The van der Waals surface area contributed by atoms with Crippen molar-refractivity contribution >= 4 is 17.7 Å². The molecule has 0 aliphatic heterocycles. The summed E-state index contributed by atoms with van der Waals surface area (Å²) in [6.07, 6.45) is 3.38. The van der Waals surface area contributed by atoms with Crippen LogP contribution in [-0.4, -0.2) is 55.6 Å². The smallest absolute Gasteiger partial charge is 0.230 e. The Morgan fingerprint density at radius 2 is 1.84 bits per heavy atom. The number of rotatable bonds is 9. The van der Waals surface area contributed by atoms with E-state index in [1.54, 1.807) is 31.4 Å². The predicted octanol–water partition coefficient (Wildman–Crippen LogP) is 2.27. The molecule has 0 fully saturated rings. The van der Waals surface area contributed by atoms with Gasteiger partial charge in [0.25, 0.3) is 0 Å². The zero-order valence-electron chi connectivity index (χ0n) is 17.5. The molecule has 0 aliphatic carbocycles. The lowest BCUT2D eigenvalue weighted by Crippen LogP contribution is -2.24. The summed E-state index contributed by atoms with van der Waals surface area (Å²) in [4.78, 5) is 12.3. The van der Waals surface area contributed by atoms with Gasteiger partial charge >= 0.3 is 0 Å². The van der Waals surface area contributed by atoms with Crippen molar-refractivity contribution in [3.8, 4) is 22.9 Å². The van der Waals surface area contributed by atoms with E-state index in [2.05, 4.69) is 25.8 Å². The Kier molecular flexibility index (Phi) is 6.66. The van der Waals surface area contributed by atoms with Gasteiger partial charge in [-0.2, -0.15) is 0 Å². The predicted molar refractivity (Wildman–Crippen MR) is 118 cm³/mol. The minimum Gasteiger partial charge on any atom is -0.497 e. The van der Waals surface area contributed by atoms with Crippen molar-refractivity contribution < 1.29 is 14.3 Å². The largest absolute Gasteiger partial charge is 0.497 e. The number of hydrogen-bond acceptors (Lipinski definition) is 8. The third-order valence-corrected chi connectivity index (χ3v) is 5.47. The lowest BCUT2D eigenvalue weighted by atomic mass is 10.3. The number of carbonyl (C=O) groups is 1. The molecule has 0 aliphatic rings. The second-order valence-electron chi connectivity index (χ2n) is 6.60. The summed E-state index contributed by atoms with van der Waals surface area (Å²) in [6.45, 7) is 0.272. The first kappa shape index (κ1) is 21.4. The Labute approximate surface area is 188 Å². The molecule has 0 radical (unpaired) electrons. The first-order chi connectivity index (χ1) is 15.7. The van der Waals surface area contributed by atoms with Crippen molar-refractivity contribution in [1.82, 2.24) is 35.1 Å². The summed E-state index contributed by atoms with van der Waals surface area (Å²) in [7, 11) is 3.23. The molecule has 1 amide bonds. The average Bonchev–Trinajstić information content (AvgIpc) is 3.51. The van der Waals surface area contributed by atoms with Crippen LogP contribution in [0.2, 0.25) is 0 Å². The number of carbonyl (C=O) groups excluding carboxylic acids is 1. The second-order valence-corrected chi connectivity index (χ2v) is 7.55. The standard InChI is InChI=1S/C21H21N7O3S/c1-30-18-8-6-16(7-9-18)27-14-23-25-21(27)32-13-20(29)22-11-15-12-28(26-24-15)17-4-3-5-19(10-17)31-2/h3-10,12,14H,11,13H2,1-2H3,(H,22,29). The van der Waals surface area contributed by atoms with Crippen LogP contribution >= 0.6 is 11.8 Å². The lowest BCUT2D eigenvalue weighted by Gasteiger charge is -2.07. The molecule has 0 atom stereocenters. The first-order valence-corrected chi connectivity index (χ1v) is 10.6. The Morgan fingerprint density at radius 3 is 2.62 bits per heavy atom. The number of nitrogens with one attached hydrogen (secondary N) is 1. The molecular weight excluding hydrogens is 430 g/mol. The van der Waals surface area contributed by atoms with E-state index in [4.69, 9.17) is 9.47 Å². The molecule has 0 unspecified atom stereocenters. The summed E-state index contributed by atoms with van der Waals surface area (Å²) in [6, 6.07) is 15.0. The molecule has 2 aromatic carbocycles. The van der Waals surface area contributed by atoms with Gasteiger partial charge in [0, 0.05) is 11.8 Å². The monoisotopic (exact) mass is 451 g/mol. The highest BCUT2D eigenvalue weighted by Crippen LogP contribution is 2.21. The number of methoxy groups -OCH3 is 2. The maximum Gasteiger partial charge on any atom is 0.230 e. The van der Waals surface area contributed by atoms with Gasteiger partial charge in [0.05, 0.1) is 38.4 Å². The van der Waals surface area contributed by atoms with Gasteiger partial charge in [0.1, 0.15) is 23.5 Å². The van der Waals surface area contributed by atoms with Crippen LogP contribution in [0.5, 0.6) is 11.5 Å². The topological polar surface area (TPSA) is 109 Å². The lowest BCUT2D eigenvalue weighted by molar-refractivity contribution is -0.118. The molecule has 164 valence electrons. The van der Waals surface area contributed by atoms with Crippen molar-refractivity contribution in [3.05, 3.63) is 66.7 Å². The van der Waals surface area contributed by atoms with Gasteiger partial charge in [-0.15, -0.1) is 15.3 Å². The summed E-state index contributed by atoms with van der Waals surface area (Å²) < 4.78 is 13.9. The molecule has 0 saturated heterocycles. The fourth-order valence-corrected chi connectivity index (χ4v) is 3.63. The van der Waals surface area contributed by atoms with Gasteiger partial charge in [-0.05, 0) is 36.4 Å². The van der Waals surface area contributed by atoms with Crippen molar-refractivity contribution in [2.45, 2.75) is 11.7 Å². The highest BCUT2D eigenvalue weighted by Gasteiger charge is 2.11. The average molecular weight is 452 g/mol.